The summed E-state index contributed by atoms with van der Waals surface area (Å²) in [5, 5.41) is 37.9. The Kier molecular flexibility index (Phi) is 16.2. The van der Waals surface area contributed by atoms with E-state index in [1.165, 1.54) is 78.3 Å². The molecule has 364 valence electrons. The maximum Gasteiger partial charge on any atom is 0.395 e. The lowest BCUT2D eigenvalue weighted by Crippen LogP contribution is -2.28. The third-order valence-electron chi connectivity index (χ3n) is 10.5. The largest absolute Gasteiger partial charge is 0.395 e. The molecule has 0 aliphatic heterocycles. The van der Waals surface area contributed by atoms with Crippen LogP contribution < -0.4 is 22.1 Å². The first-order valence-electron chi connectivity index (χ1n) is 20.8. The number of amides is 2. The van der Waals surface area contributed by atoms with Crippen LogP contribution in [0.2, 0.25) is 0 Å². The lowest BCUT2D eigenvalue weighted by atomic mass is 9.94. The molecule has 2 fully saturated rings. The number of nitrogens with two attached hydrogens (primary N) is 2. The Morgan fingerprint density at radius 3 is 1.62 bits per heavy atom. The molecule has 0 radical (unpaired) electrons. The van der Waals surface area contributed by atoms with Crippen LogP contribution in [0.15, 0.2) is 90.6 Å². The van der Waals surface area contributed by atoms with Crippen LogP contribution >= 0.6 is 15.9 Å². The van der Waals surface area contributed by atoms with Crippen molar-refractivity contribution >= 4 is 50.8 Å². The number of nitrogen functional groups attached to an aromatic ring is 2. The van der Waals surface area contributed by atoms with Gasteiger partial charge in [-0.25, -0.2) is 24.6 Å². The molecule has 2 amide bonds. The van der Waals surface area contributed by atoms with Crippen molar-refractivity contribution < 1.29 is 45.8 Å². The first-order valence-corrected chi connectivity index (χ1v) is 21.6. The number of hydrogen-bond acceptors (Lipinski definition) is 14. The molecule has 0 bridgehead atoms. The van der Waals surface area contributed by atoms with Gasteiger partial charge in [0, 0.05) is 73.2 Å². The van der Waals surface area contributed by atoms with E-state index in [0.717, 1.165) is 31.9 Å². The summed E-state index contributed by atoms with van der Waals surface area (Å²) < 4.78 is 81.8. The van der Waals surface area contributed by atoms with Gasteiger partial charge >= 0.3 is 23.7 Å². The fraction of sp³-hybridized carbons (Fsp3) is 0.333. The zero-order chi connectivity index (χ0) is 50.0. The van der Waals surface area contributed by atoms with Crippen LogP contribution in [0.5, 0.6) is 0 Å². The van der Waals surface area contributed by atoms with E-state index in [1.807, 2.05) is 0 Å². The van der Waals surface area contributed by atoms with Crippen molar-refractivity contribution in [2.24, 2.45) is 0 Å². The van der Waals surface area contributed by atoms with Crippen molar-refractivity contribution in [2.45, 2.75) is 87.6 Å². The first kappa shape index (κ1) is 50.8. The molecule has 8 rings (SSSR count). The minimum Gasteiger partial charge on any atom is -0.378 e. The summed E-state index contributed by atoms with van der Waals surface area (Å²) >= 11 is 3.08. The number of aromatic amines is 1. The number of rotatable bonds is 15. The van der Waals surface area contributed by atoms with Gasteiger partial charge in [-0.3, -0.25) is 34.9 Å². The number of anilines is 2. The number of aromatic nitrogens is 8. The van der Waals surface area contributed by atoms with E-state index in [2.05, 4.69) is 61.8 Å². The molecule has 2 saturated carbocycles. The lowest BCUT2D eigenvalue weighted by Gasteiger charge is -2.20. The van der Waals surface area contributed by atoms with Gasteiger partial charge in [-0.15, -0.1) is 0 Å². The maximum atomic E-state index is 13.6. The predicted octanol–water partition coefficient (Wildman–Crippen LogP) is 8.04. The van der Waals surface area contributed by atoms with Crippen molar-refractivity contribution in [2.75, 3.05) is 11.5 Å². The second-order valence-corrected chi connectivity index (χ2v) is 16.5. The van der Waals surface area contributed by atoms with E-state index in [4.69, 9.17) is 11.5 Å². The van der Waals surface area contributed by atoms with Gasteiger partial charge in [-0.1, -0.05) is 12.1 Å². The molecule has 20 nitrogen and oxygen atoms in total. The lowest BCUT2D eigenvalue weighted by molar-refractivity contribution is -0.383. The highest BCUT2D eigenvalue weighted by Crippen LogP contribution is 2.40. The normalized spacial score (nSPS) is 14.2. The van der Waals surface area contributed by atoms with Crippen LogP contribution in [-0.4, -0.2) is 86.0 Å². The summed E-state index contributed by atoms with van der Waals surface area (Å²) in [7, 11) is 0. The highest BCUT2D eigenvalue weighted by molar-refractivity contribution is 9.10. The van der Waals surface area contributed by atoms with Gasteiger partial charge in [0.25, 0.3) is 0 Å². The molecule has 6 aromatic heterocycles. The van der Waals surface area contributed by atoms with Crippen molar-refractivity contribution in [1.29, 1.82) is 0 Å². The zero-order valence-corrected chi connectivity index (χ0v) is 37.4. The number of halogens is 7. The molecule has 0 spiro atoms. The quantitative estimate of drug-likeness (QED) is 0.0282. The van der Waals surface area contributed by atoms with E-state index >= 15 is 0 Å². The fourth-order valence-electron chi connectivity index (χ4n) is 6.75. The van der Waals surface area contributed by atoms with Crippen LogP contribution in [0, 0.1) is 20.2 Å². The number of H-pyrrole nitrogens is 1. The van der Waals surface area contributed by atoms with Gasteiger partial charge in [0.1, 0.15) is 4.60 Å². The van der Waals surface area contributed by atoms with E-state index in [0.29, 0.717) is 21.3 Å². The molecular weight excluding hydrogens is 990 g/mol. The molecule has 6 aromatic rings. The van der Waals surface area contributed by atoms with Gasteiger partial charge in [0.2, 0.25) is 23.5 Å². The van der Waals surface area contributed by atoms with Gasteiger partial charge in [-0.05, 0) is 89.8 Å². The monoisotopic (exact) mass is 1030 g/mol. The summed E-state index contributed by atoms with van der Waals surface area (Å²) in [4.78, 5) is 59.6. The van der Waals surface area contributed by atoms with Crippen molar-refractivity contribution in [1.82, 2.24) is 50.5 Å². The van der Waals surface area contributed by atoms with Crippen LogP contribution in [0.4, 0.5) is 49.4 Å². The third-order valence-corrected chi connectivity index (χ3v) is 11.0. The average Bonchev–Trinajstić information content (AvgIpc) is 4.16. The molecule has 2 unspecified atom stereocenters. The smallest absolute Gasteiger partial charge is 0.378 e. The van der Waals surface area contributed by atoms with E-state index < -0.39 is 39.9 Å². The van der Waals surface area contributed by atoms with Crippen LogP contribution in [0.1, 0.15) is 74.3 Å². The molecule has 69 heavy (non-hydrogen) atoms. The third kappa shape index (κ3) is 14.2. The summed E-state index contributed by atoms with van der Waals surface area (Å²) in [5.74, 6) is -4.33. The topological polar surface area (TPSA) is 295 Å². The number of nitrogens with zero attached hydrogens (tertiary/aromatic N) is 9. The number of nitro groups is 2. The molecule has 0 aromatic carbocycles. The molecule has 6 heterocycles. The highest BCUT2D eigenvalue weighted by Gasteiger charge is 2.42. The molecule has 2 aliphatic rings. The second kappa shape index (κ2) is 22.0. The van der Waals surface area contributed by atoms with E-state index in [1.54, 1.807) is 6.20 Å². The molecular formula is C42H41BrF6N14O6. The Balaban J connectivity index is 0.000000188. The Morgan fingerprint density at radius 1 is 0.725 bits per heavy atom. The number of nitrogens with one attached hydrogen (secondary N) is 3. The summed E-state index contributed by atoms with van der Waals surface area (Å²) in [6.07, 6.45) is 4.52. The molecule has 0 saturated heterocycles. The van der Waals surface area contributed by atoms with Crippen LogP contribution in [0.3, 0.4) is 0 Å². The van der Waals surface area contributed by atoms with E-state index in [9.17, 15) is 56.2 Å². The summed E-state index contributed by atoms with van der Waals surface area (Å²) in [6.45, 7) is 0. The molecule has 2 aliphatic carbocycles. The van der Waals surface area contributed by atoms with Crippen molar-refractivity contribution in [3.8, 4) is 28.1 Å². The van der Waals surface area contributed by atoms with Crippen LogP contribution in [-0.2, 0) is 9.59 Å². The Labute approximate surface area is 395 Å². The van der Waals surface area contributed by atoms with Crippen LogP contribution in [0.25, 0.3) is 28.1 Å². The Bertz CT molecular complexity index is 2730. The summed E-state index contributed by atoms with van der Waals surface area (Å²) in [6, 6.07) is 8.70. The molecule has 2 atom stereocenters. The number of carbonyl (C=O) groups excluding carboxylic acids is 2. The predicted molar refractivity (Wildman–Crippen MR) is 239 cm³/mol. The Morgan fingerprint density at radius 2 is 1.22 bits per heavy atom. The Hall–Kier alpha value is -7.58. The van der Waals surface area contributed by atoms with Crippen molar-refractivity contribution in [3.05, 3.63) is 122 Å². The maximum absolute atomic E-state index is 13.6. The number of alkyl halides is 6. The van der Waals surface area contributed by atoms with Gasteiger partial charge in [0.15, 0.2) is 5.82 Å². The minimum absolute atomic E-state index is 0.0691. The SMILES string of the molecule is Nc1nccc(-c2cn[nH]c2)c1[N+](=O)[O-].Nc1nccc(-c2cnn(-c3ccc(C(CCC(=O)NC4CC4)C(F)(F)F)cn3)c2)c1[N+](=O)[O-].O=C(CCC(c1ccc(Br)nc1)C(F)(F)F)NC1CC1. The fourth-order valence-corrected chi connectivity index (χ4v) is 6.99. The summed E-state index contributed by atoms with van der Waals surface area (Å²) in [5.41, 5.74) is 12.1. The zero-order valence-electron chi connectivity index (χ0n) is 35.8. The number of pyridine rings is 4. The molecule has 7 N–H and O–H groups in total. The number of hydrogen-bond donors (Lipinski definition) is 5. The number of carbonyl (C=O) groups is 2. The van der Waals surface area contributed by atoms with Gasteiger partial charge in [-0.2, -0.15) is 36.5 Å². The highest BCUT2D eigenvalue weighted by atomic mass is 79.9. The molecule has 27 heteroatoms. The standard InChI is InChI=1S/C21H20F3N7O3.C13H14BrF3N2O.C8H7N5O2/c22-21(23,24)16(4-6-18(32)29-14-2-3-14)12-1-5-17(27-9-12)30-11-13(10-28-30)15-7-8-26-20(25)19(15)31(33)34;14-11-5-1-8(7-18-11)10(13(15,16)17)4-6-12(20)19-9-2-3-9;9-8-7(13(14)15)6(1-2-10-8)5-3-11-12-4-5/h1,5,7-11,14,16H,2-4,6H2,(H2,25,26)(H,29,32);1,5,7,9-10H,2-4,6H2,(H,19,20);1-4H,(H2,9,10)(H,11,12). The van der Waals surface area contributed by atoms with E-state index in [-0.39, 0.29) is 89.2 Å². The van der Waals surface area contributed by atoms with Gasteiger partial charge in [0.05, 0.1) is 45.2 Å². The first-order chi connectivity index (χ1) is 32.7. The second-order valence-electron chi connectivity index (χ2n) is 15.7. The average molecular weight is 1030 g/mol. The van der Waals surface area contributed by atoms with Crippen molar-refractivity contribution in [3.63, 3.8) is 0 Å². The minimum atomic E-state index is -4.54. The van der Waals surface area contributed by atoms with Gasteiger partial charge < -0.3 is 22.1 Å².